The van der Waals surface area contributed by atoms with E-state index in [2.05, 4.69) is 16.7 Å². The van der Waals surface area contributed by atoms with Gasteiger partial charge in [-0.3, -0.25) is 9.59 Å². The second kappa shape index (κ2) is 6.20. The molecule has 1 heterocycles. The molecule has 4 nitrogen and oxygen atoms in total. The van der Waals surface area contributed by atoms with E-state index in [9.17, 15) is 9.59 Å². The molecule has 0 fully saturated rings. The highest BCUT2D eigenvalue weighted by Crippen LogP contribution is 2.39. The maximum absolute atomic E-state index is 12.7. The fourth-order valence-corrected chi connectivity index (χ4v) is 3.82. The SMILES string of the molecule is COC(=O)C1CCC(=O)c2c1n(Cc1ccccc1)c1ccccc21. The van der Waals surface area contributed by atoms with Gasteiger partial charge in [0.1, 0.15) is 0 Å². The summed E-state index contributed by atoms with van der Waals surface area (Å²) in [5.74, 6) is -0.558. The lowest BCUT2D eigenvalue weighted by Crippen LogP contribution is -2.25. The molecule has 1 aromatic heterocycles. The van der Waals surface area contributed by atoms with Gasteiger partial charge in [0, 0.05) is 35.1 Å². The molecule has 0 spiro atoms. The molecular weight excluding hydrogens is 314 g/mol. The van der Waals surface area contributed by atoms with E-state index >= 15 is 0 Å². The number of esters is 1. The Morgan fingerprint density at radius 1 is 1.12 bits per heavy atom. The van der Waals surface area contributed by atoms with Crippen LogP contribution in [0.3, 0.4) is 0 Å². The van der Waals surface area contributed by atoms with Gasteiger partial charge in [-0.1, -0.05) is 48.5 Å². The van der Waals surface area contributed by atoms with Crippen LogP contribution < -0.4 is 0 Å². The van der Waals surface area contributed by atoms with E-state index in [1.807, 2.05) is 42.5 Å². The minimum atomic E-state index is -0.395. The maximum Gasteiger partial charge on any atom is 0.314 e. The van der Waals surface area contributed by atoms with Gasteiger partial charge in [0.2, 0.25) is 0 Å². The van der Waals surface area contributed by atoms with Crippen LogP contribution in [0.15, 0.2) is 54.6 Å². The summed E-state index contributed by atoms with van der Waals surface area (Å²) in [5.41, 5.74) is 3.61. The van der Waals surface area contributed by atoms with Crippen LogP contribution in [0.1, 0.15) is 40.4 Å². The number of hydrogen-bond donors (Lipinski definition) is 0. The number of hydrogen-bond acceptors (Lipinski definition) is 3. The van der Waals surface area contributed by atoms with E-state index in [4.69, 9.17) is 4.74 Å². The topological polar surface area (TPSA) is 48.3 Å². The van der Waals surface area contributed by atoms with Crippen LogP contribution in [-0.2, 0) is 16.1 Å². The summed E-state index contributed by atoms with van der Waals surface area (Å²) in [5, 5.41) is 0.923. The first-order chi connectivity index (χ1) is 12.2. The van der Waals surface area contributed by atoms with Crippen LogP contribution in [0, 0.1) is 0 Å². The standard InChI is InChI=1S/C21H19NO3/c1-25-21(24)16-11-12-18(23)19-15-9-5-6-10-17(15)22(20(16)19)13-14-7-3-2-4-8-14/h2-10,16H,11-13H2,1H3. The normalized spacial score (nSPS) is 16.7. The first kappa shape index (κ1) is 15.6. The zero-order valence-electron chi connectivity index (χ0n) is 14.1. The number of nitrogens with zero attached hydrogens (tertiary/aromatic N) is 1. The number of methoxy groups -OCH3 is 1. The number of ketones is 1. The van der Waals surface area contributed by atoms with Gasteiger partial charge in [0.05, 0.1) is 13.0 Å². The summed E-state index contributed by atoms with van der Waals surface area (Å²) in [6.07, 6.45) is 0.885. The number of fused-ring (bicyclic) bond motifs is 3. The van der Waals surface area contributed by atoms with Gasteiger partial charge < -0.3 is 9.30 Å². The lowest BCUT2D eigenvalue weighted by molar-refractivity contribution is -0.142. The average molecular weight is 333 g/mol. The molecule has 25 heavy (non-hydrogen) atoms. The number of rotatable bonds is 3. The van der Waals surface area contributed by atoms with Crippen molar-refractivity contribution in [3.8, 4) is 0 Å². The first-order valence-corrected chi connectivity index (χ1v) is 8.46. The molecular formula is C21H19NO3. The van der Waals surface area contributed by atoms with Crippen molar-refractivity contribution >= 4 is 22.7 Å². The van der Waals surface area contributed by atoms with Gasteiger partial charge >= 0.3 is 5.97 Å². The van der Waals surface area contributed by atoms with Crippen molar-refractivity contribution in [3.05, 3.63) is 71.4 Å². The largest absolute Gasteiger partial charge is 0.469 e. The van der Waals surface area contributed by atoms with Crippen molar-refractivity contribution in [1.29, 1.82) is 0 Å². The Labute approximate surface area is 146 Å². The molecule has 126 valence electrons. The molecule has 1 aliphatic rings. The quantitative estimate of drug-likeness (QED) is 0.683. The van der Waals surface area contributed by atoms with Gasteiger partial charge in [-0.05, 0) is 18.1 Å². The number of para-hydroxylation sites is 1. The number of Topliss-reactive ketones (excluding diaryl/α,β-unsaturated/α-hetero) is 1. The van der Waals surface area contributed by atoms with E-state index in [1.54, 1.807) is 0 Å². The summed E-state index contributed by atoms with van der Waals surface area (Å²) >= 11 is 0. The van der Waals surface area contributed by atoms with E-state index in [0.29, 0.717) is 24.9 Å². The van der Waals surface area contributed by atoms with Gasteiger partial charge in [0.15, 0.2) is 5.78 Å². The monoisotopic (exact) mass is 333 g/mol. The smallest absolute Gasteiger partial charge is 0.314 e. The molecule has 2 aromatic carbocycles. The highest BCUT2D eigenvalue weighted by molar-refractivity contribution is 6.11. The molecule has 0 radical (unpaired) electrons. The van der Waals surface area contributed by atoms with Crippen molar-refractivity contribution in [2.45, 2.75) is 25.3 Å². The third-order valence-corrected chi connectivity index (χ3v) is 4.95. The molecule has 4 rings (SSSR count). The van der Waals surface area contributed by atoms with E-state index < -0.39 is 5.92 Å². The summed E-state index contributed by atoms with van der Waals surface area (Å²) in [6.45, 7) is 0.622. The molecule has 1 aliphatic carbocycles. The highest BCUT2D eigenvalue weighted by atomic mass is 16.5. The molecule has 0 amide bonds. The second-order valence-electron chi connectivity index (χ2n) is 6.39. The van der Waals surface area contributed by atoms with Gasteiger partial charge in [0.25, 0.3) is 0 Å². The molecule has 0 N–H and O–H groups in total. The van der Waals surface area contributed by atoms with E-state index in [0.717, 1.165) is 22.2 Å². The van der Waals surface area contributed by atoms with Crippen molar-refractivity contribution in [1.82, 2.24) is 4.57 Å². The number of aromatic nitrogens is 1. The minimum Gasteiger partial charge on any atom is -0.469 e. The van der Waals surface area contributed by atoms with Crippen LogP contribution in [0.2, 0.25) is 0 Å². The molecule has 0 saturated carbocycles. The Bertz CT molecular complexity index is 956. The Morgan fingerprint density at radius 3 is 2.60 bits per heavy atom. The number of carbonyl (C=O) groups excluding carboxylic acids is 2. The third kappa shape index (κ3) is 2.54. The molecule has 0 bridgehead atoms. The van der Waals surface area contributed by atoms with Crippen molar-refractivity contribution in [2.24, 2.45) is 0 Å². The van der Waals surface area contributed by atoms with Crippen molar-refractivity contribution < 1.29 is 14.3 Å². The predicted octanol–water partition coefficient (Wildman–Crippen LogP) is 3.92. The Morgan fingerprint density at radius 2 is 1.84 bits per heavy atom. The Balaban J connectivity index is 1.97. The predicted molar refractivity (Wildman–Crippen MR) is 95.8 cm³/mol. The van der Waals surface area contributed by atoms with Crippen LogP contribution >= 0.6 is 0 Å². The van der Waals surface area contributed by atoms with Crippen molar-refractivity contribution in [3.63, 3.8) is 0 Å². The zero-order valence-corrected chi connectivity index (χ0v) is 14.1. The van der Waals surface area contributed by atoms with Crippen molar-refractivity contribution in [2.75, 3.05) is 7.11 Å². The molecule has 0 saturated heterocycles. The molecule has 3 aromatic rings. The third-order valence-electron chi connectivity index (χ3n) is 4.95. The van der Waals surface area contributed by atoms with E-state index in [1.165, 1.54) is 7.11 Å². The van der Waals surface area contributed by atoms with Gasteiger partial charge in [-0.15, -0.1) is 0 Å². The fraction of sp³-hybridized carbons (Fsp3) is 0.238. The van der Waals surface area contributed by atoms with Crippen LogP contribution in [0.25, 0.3) is 10.9 Å². The second-order valence-corrected chi connectivity index (χ2v) is 6.39. The summed E-state index contributed by atoms with van der Waals surface area (Å²) in [4.78, 5) is 25.0. The summed E-state index contributed by atoms with van der Waals surface area (Å²) in [6, 6.07) is 18.0. The number of benzene rings is 2. The average Bonchev–Trinajstić information content (AvgIpc) is 2.98. The minimum absolute atomic E-state index is 0.109. The molecule has 0 aliphatic heterocycles. The summed E-state index contributed by atoms with van der Waals surface area (Å²) in [7, 11) is 1.41. The Kier molecular flexibility index (Phi) is 3.88. The maximum atomic E-state index is 12.7. The molecule has 1 unspecified atom stereocenters. The van der Waals surface area contributed by atoms with Crippen LogP contribution in [-0.4, -0.2) is 23.4 Å². The van der Waals surface area contributed by atoms with Gasteiger partial charge in [-0.2, -0.15) is 0 Å². The number of ether oxygens (including phenoxy) is 1. The Hall–Kier alpha value is -2.88. The molecule has 4 heteroatoms. The number of carbonyl (C=O) groups is 2. The first-order valence-electron chi connectivity index (χ1n) is 8.46. The highest BCUT2D eigenvalue weighted by Gasteiger charge is 2.36. The van der Waals surface area contributed by atoms with E-state index in [-0.39, 0.29) is 11.8 Å². The summed E-state index contributed by atoms with van der Waals surface area (Å²) < 4.78 is 7.13. The zero-order chi connectivity index (χ0) is 17.4. The van der Waals surface area contributed by atoms with Gasteiger partial charge in [-0.25, -0.2) is 0 Å². The fourth-order valence-electron chi connectivity index (χ4n) is 3.82. The van der Waals surface area contributed by atoms with Crippen LogP contribution in [0.5, 0.6) is 0 Å². The molecule has 1 atom stereocenters. The lowest BCUT2D eigenvalue weighted by atomic mass is 9.85. The lowest BCUT2D eigenvalue weighted by Gasteiger charge is -2.23. The van der Waals surface area contributed by atoms with Crippen LogP contribution in [0.4, 0.5) is 0 Å².